The van der Waals surface area contributed by atoms with Crippen molar-refractivity contribution >= 4 is 11.9 Å². The standard InChI is InChI=1S/C14H18FNO3/c1-9(2)8-12(17)16-14(3,13(18)19)10-4-6-11(15)7-5-10/h4-7,9H,8H2,1-3H3,(H,16,17)(H,18,19). The van der Waals surface area contributed by atoms with E-state index < -0.39 is 17.3 Å². The quantitative estimate of drug-likeness (QED) is 0.860. The summed E-state index contributed by atoms with van der Waals surface area (Å²) in [5.74, 6) is -1.85. The van der Waals surface area contributed by atoms with Gasteiger partial charge in [0.25, 0.3) is 0 Å². The maximum atomic E-state index is 12.9. The van der Waals surface area contributed by atoms with E-state index in [2.05, 4.69) is 5.32 Å². The molecule has 0 aromatic heterocycles. The van der Waals surface area contributed by atoms with Gasteiger partial charge in [-0.3, -0.25) is 4.79 Å². The summed E-state index contributed by atoms with van der Waals surface area (Å²) < 4.78 is 12.9. The van der Waals surface area contributed by atoms with E-state index in [-0.39, 0.29) is 18.2 Å². The Labute approximate surface area is 111 Å². The number of hydrogen-bond acceptors (Lipinski definition) is 2. The van der Waals surface area contributed by atoms with E-state index in [1.54, 1.807) is 0 Å². The lowest BCUT2D eigenvalue weighted by Gasteiger charge is -2.27. The van der Waals surface area contributed by atoms with Gasteiger partial charge in [0.1, 0.15) is 5.82 Å². The molecule has 1 unspecified atom stereocenters. The minimum Gasteiger partial charge on any atom is -0.479 e. The Kier molecular flexibility index (Phi) is 4.64. The number of carbonyl (C=O) groups excluding carboxylic acids is 1. The van der Waals surface area contributed by atoms with Crippen LogP contribution in [0.4, 0.5) is 4.39 Å². The Balaban J connectivity index is 3.01. The van der Waals surface area contributed by atoms with E-state index >= 15 is 0 Å². The zero-order valence-corrected chi connectivity index (χ0v) is 11.2. The zero-order chi connectivity index (χ0) is 14.6. The summed E-state index contributed by atoms with van der Waals surface area (Å²) in [6.45, 7) is 5.13. The molecular weight excluding hydrogens is 249 g/mol. The number of aliphatic carboxylic acids is 1. The number of hydrogen-bond donors (Lipinski definition) is 2. The smallest absolute Gasteiger partial charge is 0.333 e. The Bertz CT molecular complexity index is 470. The van der Waals surface area contributed by atoms with E-state index in [0.717, 1.165) is 0 Å². The van der Waals surface area contributed by atoms with Gasteiger partial charge in [-0.15, -0.1) is 0 Å². The second kappa shape index (κ2) is 5.82. The topological polar surface area (TPSA) is 66.4 Å². The van der Waals surface area contributed by atoms with Gasteiger partial charge in [-0.1, -0.05) is 26.0 Å². The Morgan fingerprint density at radius 3 is 2.26 bits per heavy atom. The lowest BCUT2D eigenvalue weighted by molar-refractivity contribution is -0.147. The molecule has 1 atom stereocenters. The molecule has 0 radical (unpaired) electrons. The van der Waals surface area contributed by atoms with Crippen molar-refractivity contribution in [3.8, 4) is 0 Å². The number of carboxylic acid groups (broad SMARTS) is 1. The molecule has 0 aliphatic rings. The van der Waals surface area contributed by atoms with Gasteiger partial charge in [-0.05, 0) is 30.5 Å². The molecule has 1 rings (SSSR count). The third-order valence-corrected chi connectivity index (χ3v) is 2.83. The van der Waals surface area contributed by atoms with Gasteiger partial charge in [0.05, 0.1) is 0 Å². The SMILES string of the molecule is CC(C)CC(=O)NC(C)(C(=O)O)c1ccc(F)cc1. The molecule has 1 aromatic carbocycles. The van der Waals surface area contributed by atoms with Gasteiger partial charge in [-0.2, -0.15) is 0 Å². The van der Waals surface area contributed by atoms with Gasteiger partial charge < -0.3 is 10.4 Å². The largest absolute Gasteiger partial charge is 0.479 e. The van der Waals surface area contributed by atoms with E-state index in [1.165, 1.54) is 31.2 Å². The summed E-state index contributed by atoms with van der Waals surface area (Å²) in [5, 5.41) is 11.8. The van der Waals surface area contributed by atoms with Crippen molar-refractivity contribution in [2.24, 2.45) is 5.92 Å². The summed E-state index contributed by atoms with van der Waals surface area (Å²) >= 11 is 0. The number of nitrogens with one attached hydrogen (secondary N) is 1. The van der Waals surface area contributed by atoms with Crippen molar-refractivity contribution < 1.29 is 19.1 Å². The van der Waals surface area contributed by atoms with Crippen LogP contribution in [-0.2, 0) is 15.1 Å². The second-order valence-corrected chi connectivity index (χ2v) is 5.08. The summed E-state index contributed by atoms with van der Waals surface area (Å²) in [6, 6.07) is 5.06. The van der Waals surface area contributed by atoms with Gasteiger partial charge in [0.2, 0.25) is 5.91 Å². The molecule has 4 nitrogen and oxygen atoms in total. The average molecular weight is 267 g/mol. The molecular formula is C14H18FNO3. The van der Waals surface area contributed by atoms with Crippen LogP contribution in [0.15, 0.2) is 24.3 Å². The fraction of sp³-hybridized carbons (Fsp3) is 0.429. The predicted octanol–water partition coefficient (Wildman–Crippen LogP) is 2.29. The first-order chi connectivity index (χ1) is 8.75. The number of halogens is 1. The van der Waals surface area contributed by atoms with Gasteiger partial charge >= 0.3 is 5.97 Å². The second-order valence-electron chi connectivity index (χ2n) is 5.08. The van der Waals surface area contributed by atoms with E-state index in [0.29, 0.717) is 5.56 Å². The monoisotopic (exact) mass is 267 g/mol. The van der Waals surface area contributed by atoms with Gasteiger partial charge in [0.15, 0.2) is 5.54 Å². The van der Waals surface area contributed by atoms with Crippen molar-refractivity contribution in [1.29, 1.82) is 0 Å². The molecule has 0 aliphatic heterocycles. The molecule has 0 bridgehead atoms. The minimum atomic E-state index is -1.56. The van der Waals surface area contributed by atoms with Crippen molar-refractivity contribution in [3.05, 3.63) is 35.6 Å². The van der Waals surface area contributed by atoms with Crippen LogP contribution in [-0.4, -0.2) is 17.0 Å². The number of carboxylic acids is 1. The highest BCUT2D eigenvalue weighted by Crippen LogP contribution is 2.22. The molecule has 0 spiro atoms. The van der Waals surface area contributed by atoms with Crippen LogP contribution in [0.5, 0.6) is 0 Å². The highest BCUT2D eigenvalue weighted by molar-refractivity contribution is 5.87. The molecule has 19 heavy (non-hydrogen) atoms. The molecule has 1 aromatic rings. The third-order valence-electron chi connectivity index (χ3n) is 2.83. The summed E-state index contributed by atoms with van der Waals surface area (Å²) in [6.07, 6.45) is 0.240. The summed E-state index contributed by atoms with van der Waals surface area (Å²) in [7, 11) is 0. The van der Waals surface area contributed by atoms with Crippen molar-refractivity contribution in [1.82, 2.24) is 5.32 Å². The van der Waals surface area contributed by atoms with Crippen LogP contribution in [0.1, 0.15) is 32.8 Å². The molecule has 104 valence electrons. The molecule has 2 N–H and O–H groups in total. The lowest BCUT2D eigenvalue weighted by Crippen LogP contribution is -2.49. The van der Waals surface area contributed by atoms with Gasteiger partial charge in [0, 0.05) is 6.42 Å². The first kappa shape index (κ1) is 15.1. The fourth-order valence-corrected chi connectivity index (χ4v) is 1.73. The van der Waals surface area contributed by atoms with Crippen molar-refractivity contribution in [3.63, 3.8) is 0 Å². The highest BCUT2D eigenvalue weighted by atomic mass is 19.1. The fourth-order valence-electron chi connectivity index (χ4n) is 1.73. The van der Waals surface area contributed by atoms with Crippen LogP contribution < -0.4 is 5.32 Å². The Hall–Kier alpha value is -1.91. The molecule has 0 saturated heterocycles. The molecule has 0 aliphatic carbocycles. The average Bonchev–Trinajstić information content (AvgIpc) is 2.27. The molecule has 5 heteroatoms. The van der Waals surface area contributed by atoms with E-state index in [9.17, 15) is 19.1 Å². The summed E-state index contributed by atoms with van der Waals surface area (Å²) in [5.41, 5.74) is -1.22. The number of amides is 1. The maximum absolute atomic E-state index is 12.9. The first-order valence-electron chi connectivity index (χ1n) is 6.06. The van der Waals surface area contributed by atoms with E-state index in [4.69, 9.17) is 0 Å². The van der Waals surface area contributed by atoms with E-state index in [1.807, 2.05) is 13.8 Å². The van der Waals surface area contributed by atoms with Crippen molar-refractivity contribution in [2.45, 2.75) is 32.7 Å². The first-order valence-corrected chi connectivity index (χ1v) is 6.06. The Morgan fingerprint density at radius 1 is 1.32 bits per heavy atom. The molecule has 0 heterocycles. The highest BCUT2D eigenvalue weighted by Gasteiger charge is 2.36. The zero-order valence-electron chi connectivity index (χ0n) is 11.2. The summed E-state index contributed by atoms with van der Waals surface area (Å²) in [4.78, 5) is 23.2. The lowest BCUT2D eigenvalue weighted by atomic mass is 9.91. The van der Waals surface area contributed by atoms with Crippen LogP contribution in [0.25, 0.3) is 0 Å². The van der Waals surface area contributed by atoms with Crippen LogP contribution in [0.2, 0.25) is 0 Å². The number of rotatable bonds is 5. The molecule has 0 saturated carbocycles. The predicted molar refractivity (Wildman–Crippen MR) is 69.0 cm³/mol. The third kappa shape index (κ3) is 3.77. The van der Waals surface area contributed by atoms with Crippen molar-refractivity contribution in [2.75, 3.05) is 0 Å². The maximum Gasteiger partial charge on any atom is 0.333 e. The van der Waals surface area contributed by atoms with Crippen LogP contribution >= 0.6 is 0 Å². The van der Waals surface area contributed by atoms with Crippen LogP contribution in [0, 0.1) is 11.7 Å². The Morgan fingerprint density at radius 2 is 1.84 bits per heavy atom. The van der Waals surface area contributed by atoms with Crippen LogP contribution in [0.3, 0.4) is 0 Å². The minimum absolute atomic E-state index is 0.131. The molecule has 0 fully saturated rings. The number of benzene rings is 1. The van der Waals surface area contributed by atoms with Gasteiger partial charge in [-0.25, -0.2) is 9.18 Å². The normalized spacial score (nSPS) is 13.9. The molecule has 1 amide bonds. The number of carbonyl (C=O) groups is 2.